The van der Waals surface area contributed by atoms with Crippen molar-refractivity contribution in [1.29, 1.82) is 0 Å². The van der Waals surface area contributed by atoms with Gasteiger partial charge in [-0.3, -0.25) is 0 Å². The average molecular weight is 279 g/mol. The van der Waals surface area contributed by atoms with Crippen LogP contribution in [-0.4, -0.2) is 8.07 Å². The minimum Gasteiger partial charge on any atom is -0.102 e. The van der Waals surface area contributed by atoms with Crippen LogP contribution in [0.5, 0.6) is 0 Å². The van der Waals surface area contributed by atoms with Crippen LogP contribution in [0, 0.1) is 5.92 Å². The van der Waals surface area contributed by atoms with Gasteiger partial charge < -0.3 is 0 Å². The SMILES string of the molecule is C=CC1CCCCC([Si](C)(C)C)=C1CCCCCC. The second-order valence-corrected chi connectivity index (χ2v) is 12.3. The van der Waals surface area contributed by atoms with Crippen LogP contribution in [0.15, 0.2) is 23.4 Å². The summed E-state index contributed by atoms with van der Waals surface area (Å²) in [5.41, 5.74) is 1.81. The van der Waals surface area contributed by atoms with E-state index in [1.54, 1.807) is 0 Å². The van der Waals surface area contributed by atoms with Crippen molar-refractivity contribution in [3.8, 4) is 0 Å². The summed E-state index contributed by atoms with van der Waals surface area (Å²) in [7, 11) is -1.15. The lowest BCUT2D eigenvalue weighted by Crippen LogP contribution is -2.26. The van der Waals surface area contributed by atoms with Crippen molar-refractivity contribution in [3.05, 3.63) is 23.4 Å². The summed E-state index contributed by atoms with van der Waals surface area (Å²) in [6, 6.07) is 0. The molecule has 0 heterocycles. The smallest absolute Gasteiger partial charge is 0.0724 e. The van der Waals surface area contributed by atoms with Crippen LogP contribution in [0.25, 0.3) is 0 Å². The largest absolute Gasteiger partial charge is 0.102 e. The van der Waals surface area contributed by atoms with Gasteiger partial charge in [-0.15, -0.1) is 6.58 Å². The van der Waals surface area contributed by atoms with Crippen LogP contribution in [-0.2, 0) is 0 Å². The first-order chi connectivity index (χ1) is 9.00. The van der Waals surface area contributed by atoms with E-state index in [0.29, 0.717) is 5.92 Å². The van der Waals surface area contributed by atoms with Gasteiger partial charge >= 0.3 is 0 Å². The molecule has 110 valence electrons. The Morgan fingerprint density at radius 3 is 2.47 bits per heavy atom. The van der Waals surface area contributed by atoms with Gasteiger partial charge in [0.25, 0.3) is 0 Å². The highest BCUT2D eigenvalue weighted by Gasteiger charge is 2.27. The Kier molecular flexibility index (Phi) is 7.13. The molecular formula is C18H34Si. The molecule has 1 rings (SSSR count). The molecule has 0 amide bonds. The summed E-state index contributed by atoms with van der Waals surface area (Å²) in [5.74, 6) is 0.686. The molecule has 0 radical (unpaired) electrons. The van der Waals surface area contributed by atoms with Gasteiger partial charge in [0.15, 0.2) is 0 Å². The lowest BCUT2D eigenvalue weighted by atomic mass is 9.91. The maximum Gasteiger partial charge on any atom is 0.0724 e. The molecule has 0 aromatic rings. The molecule has 1 aliphatic rings. The summed E-state index contributed by atoms with van der Waals surface area (Å²) in [6.07, 6.45) is 14.6. The Bertz CT molecular complexity index is 306. The van der Waals surface area contributed by atoms with E-state index in [0.717, 1.165) is 0 Å². The van der Waals surface area contributed by atoms with Crippen molar-refractivity contribution in [2.24, 2.45) is 5.92 Å². The van der Waals surface area contributed by atoms with Gasteiger partial charge in [0.1, 0.15) is 0 Å². The van der Waals surface area contributed by atoms with Crippen molar-refractivity contribution in [1.82, 2.24) is 0 Å². The van der Waals surface area contributed by atoms with E-state index >= 15 is 0 Å². The van der Waals surface area contributed by atoms with Crippen LogP contribution >= 0.6 is 0 Å². The van der Waals surface area contributed by atoms with Crippen molar-refractivity contribution >= 4 is 8.07 Å². The molecule has 0 aliphatic heterocycles. The normalized spacial score (nSPS) is 21.4. The molecule has 0 N–H and O–H groups in total. The van der Waals surface area contributed by atoms with Crippen LogP contribution in [0.2, 0.25) is 19.6 Å². The summed E-state index contributed by atoms with van der Waals surface area (Å²) in [4.78, 5) is 0. The van der Waals surface area contributed by atoms with Crippen LogP contribution in [0.3, 0.4) is 0 Å². The number of rotatable bonds is 7. The molecule has 1 aliphatic carbocycles. The van der Waals surface area contributed by atoms with Gasteiger partial charge in [0.2, 0.25) is 0 Å². The summed E-state index contributed by atoms with van der Waals surface area (Å²) >= 11 is 0. The second-order valence-electron chi connectivity index (χ2n) is 7.15. The quantitative estimate of drug-likeness (QED) is 0.283. The number of hydrogen-bond donors (Lipinski definition) is 0. The van der Waals surface area contributed by atoms with E-state index < -0.39 is 8.07 Å². The fourth-order valence-corrected chi connectivity index (χ4v) is 5.62. The summed E-state index contributed by atoms with van der Waals surface area (Å²) in [5, 5.41) is 1.88. The minimum atomic E-state index is -1.15. The molecule has 0 aromatic heterocycles. The molecule has 1 unspecified atom stereocenters. The lowest BCUT2D eigenvalue weighted by molar-refractivity contribution is 0.589. The highest BCUT2D eigenvalue weighted by Crippen LogP contribution is 2.37. The third-order valence-corrected chi connectivity index (χ3v) is 6.90. The van der Waals surface area contributed by atoms with Crippen LogP contribution < -0.4 is 0 Å². The minimum absolute atomic E-state index is 0.686. The molecule has 0 spiro atoms. The molecular weight excluding hydrogens is 244 g/mol. The van der Waals surface area contributed by atoms with E-state index in [2.05, 4.69) is 39.2 Å². The van der Waals surface area contributed by atoms with Crippen LogP contribution in [0.1, 0.15) is 64.7 Å². The highest BCUT2D eigenvalue weighted by atomic mass is 28.3. The topological polar surface area (TPSA) is 0 Å². The fourth-order valence-electron chi connectivity index (χ4n) is 3.42. The third kappa shape index (κ3) is 5.29. The van der Waals surface area contributed by atoms with Gasteiger partial charge in [-0.1, -0.05) is 69.1 Å². The predicted molar refractivity (Wildman–Crippen MR) is 91.3 cm³/mol. The van der Waals surface area contributed by atoms with Gasteiger partial charge in [0.05, 0.1) is 8.07 Å². The second kappa shape index (κ2) is 8.09. The number of unbranched alkanes of at least 4 members (excludes halogenated alkanes) is 3. The fraction of sp³-hybridized carbons (Fsp3) is 0.778. The molecule has 1 heteroatoms. The van der Waals surface area contributed by atoms with Crippen molar-refractivity contribution in [3.63, 3.8) is 0 Å². The number of allylic oxidation sites excluding steroid dienone is 3. The van der Waals surface area contributed by atoms with Gasteiger partial charge in [-0.2, -0.15) is 0 Å². The molecule has 0 aromatic carbocycles. The summed E-state index contributed by atoms with van der Waals surface area (Å²) < 4.78 is 0. The lowest BCUT2D eigenvalue weighted by Gasteiger charge is -2.27. The van der Waals surface area contributed by atoms with E-state index in [1.807, 2.05) is 10.8 Å². The summed E-state index contributed by atoms with van der Waals surface area (Å²) in [6.45, 7) is 14.0. The molecule has 0 nitrogen and oxygen atoms in total. The zero-order valence-electron chi connectivity index (χ0n) is 13.7. The van der Waals surface area contributed by atoms with Gasteiger partial charge in [0, 0.05) is 0 Å². The van der Waals surface area contributed by atoms with E-state index in [4.69, 9.17) is 0 Å². The molecule has 0 saturated carbocycles. The average Bonchev–Trinajstić information content (AvgIpc) is 2.56. The van der Waals surface area contributed by atoms with Crippen molar-refractivity contribution in [2.45, 2.75) is 84.4 Å². The molecule has 0 fully saturated rings. The third-order valence-electron chi connectivity index (χ3n) is 4.52. The van der Waals surface area contributed by atoms with Gasteiger partial charge in [-0.25, -0.2) is 0 Å². The Morgan fingerprint density at radius 1 is 1.16 bits per heavy atom. The van der Waals surface area contributed by atoms with Crippen LogP contribution in [0.4, 0.5) is 0 Å². The van der Waals surface area contributed by atoms with E-state index in [-0.39, 0.29) is 0 Å². The first kappa shape index (κ1) is 16.8. The zero-order chi connectivity index (χ0) is 14.3. The molecule has 0 bridgehead atoms. The maximum absolute atomic E-state index is 4.12. The monoisotopic (exact) mass is 278 g/mol. The molecule has 1 atom stereocenters. The standard InChI is InChI=1S/C18H34Si/c1-6-8-9-10-14-17-16(7-2)13-11-12-15-18(17)19(3,4)5/h7,16H,2,6,8-15H2,1,3-5H3. The van der Waals surface area contributed by atoms with Crippen molar-refractivity contribution in [2.75, 3.05) is 0 Å². The zero-order valence-corrected chi connectivity index (χ0v) is 14.7. The number of hydrogen-bond acceptors (Lipinski definition) is 0. The van der Waals surface area contributed by atoms with E-state index in [1.165, 1.54) is 57.8 Å². The Hall–Kier alpha value is -0.303. The van der Waals surface area contributed by atoms with Gasteiger partial charge in [-0.05, 0) is 38.0 Å². The maximum atomic E-state index is 4.12. The Labute approximate surface area is 122 Å². The first-order valence-corrected chi connectivity index (χ1v) is 11.9. The predicted octanol–water partition coefficient (Wildman–Crippen LogP) is 6.51. The molecule has 19 heavy (non-hydrogen) atoms. The highest BCUT2D eigenvalue weighted by molar-refractivity contribution is 6.83. The Morgan fingerprint density at radius 2 is 1.89 bits per heavy atom. The first-order valence-electron chi connectivity index (χ1n) is 8.35. The Balaban J connectivity index is 2.87. The van der Waals surface area contributed by atoms with E-state index in [9.17, 15) is 0 Å². The van der Waals surface area contributed by atoms with Crippen molar-refractivity contribution < 1.29 is 0 Å². The molecule has 0 saturated heterocycles.